The molecule has 1 N–H and O–H groups in total. The van der Waals surface area contributed by atoms with Crippen LogP contribution in [0.2, 0.25) is 5.02 Å². The van der Waals surface area contributed by atoms with Gasteiger partial charge in [-0.1, -0.05) is 23.4 Å². The number of hydrogen-bond donors (Lipinski definition) is 1. The molecule has 0 unspecified atom stereocenters. The van der Waals surface area contributed by atoms with E-state index < -0.39 is 0 Å². The molecule has 1 amide bonds. The number of aryl methyl sites for hydroxylation is 1. The van der Waals surface area contributed by atoms with Crippen LogP contribution < -0.4 is 10.1 Å². The Morgan fingerprint density at radius 1 is 1.37 bits per heavy atom. The van der Waals surface area contributed by atoms with Crippen LogP contribution in [0.5, 0.6) is 5.75 Å². The summed E-state index contributed by atoms with van der Waals surface area (Å²) in [5.74, 6) is 1.42. The Morgan fingerprint density at radius 2 is 2.19 bits per heavy atom. The summed E-state index contributed by atoms with van der Waals surface area (Å²) in [6.07, 6.45) is 0. The van der Waals surface area contributed by atoms with Gasteiger partial charge in [-0.25, -0.2) is 0 Å². The van der Waals surface area contributed by atoms with Crippen molar-refractivity contribution in [2.45, 2.75) is 25.5 Å². The van der Waals surface area contributed by atoms with Crippen LogP contribution >= 0.6 is 34.7 Å². The van der Waals surface area contributed by atoms with E-state index in [-0.39, 0.29) is 11.7 Å². The number of thiophene rings is 1. The maximum Gasteiger partial charge on any atom is 0.234 e. The number of halogens is 1. The third-order valence-electron chi connectivity index (χ3n) is 3.79. The number of amides is 1. The van der Waals surface area contributed by atoms with E-state index >= 15 is 0 Å². The van der Waals surface area contributed by atoms with Crippen molar-refractivity contribution in [3.05, 3.63) is 39.5 Å². The third-order valence-corrected chi connectivity index (χ3v) is 5.85. The van der Waals surface area contributed by atoms with Crippen molar-refractivity contribution in [1.82, 2.24) is 14.8 Å². The van der Waals surface area contributed by atoms with Crippen LogP contribution in [0.4, 0.5) is 5.69 Å². The lowest BCUT2D eigenvalue weighted by molar-refractivity contribution is -0.113. The molecule has 0 fully saturated rings. The van der Waals surface area contributed by atoms with Crippen molar-refractivity contribution >= 4 is 46.3 Å². The fourth-order valence-electron chi connectivity index (χ4n) is 2.55. The van der Waals surface area contributed by atoms with E-state index in [0.29, 0.717) is 21.6 Å². The van der Waals surface area contributed by atoms with Gasteiger partial charge in [0.2, 0.25) is 5.91 Å². The van der Waals surface area contributed by atoms with Gasteiger partial charge >= 0.3 is 0 Å². The number of nitrogens with one attached hydrogen (secondary N) is 1. The first kappa shape index (κ1) is 19.7. The van der Waals surface area contributed by atoms with Crippen molar-refractivity contribution in [3.63, 3.8) is 0 Å². The molecule has 0 atom stereocenters. The van der Waals surface area contributed by atoms with Gasteiger partial charge in [-0.3, -0.25) is 4.79 Å². The number of carbonyl (C=O) groups is 1. The van der Waals surface area contributed by atoms with Gasteiger partial charge in [0.15, 0.2) is 11.0 Å². The predicted octanol–water partition coefficient (Wildman–Crippen LogP) is 4.73. The Hall–Kier alpha value is -2.03. The molecule has 3 aromatic rings. The maximum atomic E-state index is 12.4. The zero-order chi connectivity index (χ0) is 19.4. The average Bonchev–Trinajstić information content (AvgIpc) is 3.25. The first-order chi connectivity index (χ1) is 13.0. The van der Waals surface area contributed by atoms with Crippen LogP contribution in [-0.4, -0.2) is 33.5 Å². The minimum absolute atomic E-state index is 0.167. The molecule has 2 heterocycles. The van der Waals surface area contributed by atoms with E-state index in [4.69, 9.17) is 16.3 Å². The molecule has 2 aromatic heterocycles. The number of carbonyl (C=O) groups excluding carboxylic acids is 1. The molecule has 0 aliphatic heterocycles. The lowest BCUT2D eigenvalue weighted by Crippen LogP contribution is -2.15. The molecule has 0 radical (unpaired) electrons. The number of hydrogen-bond acceptors (Lipinski definition) is 6. The third kappa shape index (κ3) is 4.63. The Labute approximate surface area is 170 Å². The highest BCUT2D eigenvalue weighted by Crippen LogP contribution is 2.29. The summed E-state index contributed by atoms with van der Waals surface area (Å²) in [6.45, 7) is 4.82. The Bertz CT molecular complexity index is 955. The van der Waals surface area contributed by atoms with Gasteiger partial charge in [-0.05, 0) is 38.1 Å². The Balaban J connectivity index is 1.69. The molecule has 1 aromatic carbocycles. The second-order valence-electron chi connectivity index (χ2n) is 5.68. The molecule has 0 saturated carbocycles. The Kier molecular flexibility index (Phi) is 6.41. The second kappa shape index (κ2) is 8.77. The maximum absolute atomic E-state index is 12.4. The standard InChI is InChI=1S/C18H19ClN4O2S2/c1-4-23-17(12-7-11(2)26-9-12)21-22-18(23)27-10-16(24)20-14-8-13(19)5-6-15(14)25-3/h5-9H,4,10H2,1-3H3,(H,20,24). The van der Waals surface area contributed by atoms with Gasteiger partial charge in [-0.2, -0.15) is 0 Å². The largest absolute Gasteiger partial charge is 0.495 e. The van der Waals surface area contributed by atoms with Gasteiger partial charge < -0.3 is 14.6 Å². The highest BCUT2D eigenvalue weighted by Gasteiger charge is 2.16. The molecule has 142 valence electrons. The molecule has 27 heavy (non-hydrogen) atoms. The number of ether oxygens (including phenoxy) is 1. The first-order valence-electron chi connectivity index (χ1n) is 8.26. The van der Waals surface area contributed by atoms with E-state index in [1.165, 1.54) is 16.6 Å². The van der Waals surface area contributed by atoms with Gasteiger partial charge in [0.25, 0.3) is 0 Å². The number of nitrogens with zero attached hydrogens (tertiary/aromatic N) is 3. The molecule has 0 saturated heterocycles. The fourth-order valence-corrected chi connectivity index (χ4v) is 4.20. The van der Waals surface area contributed by atoms with E-state index in [1.807, 2.05) is 11.5 Å². The normalized spacial score (nSPS) is 10.8. The van der Waals surface area contributed by atoms with Crippen LogP contribution in [-0.2, 0) is 11.3 Å². The van der Waals surface area contributed by atoms with Gasteiger partial charge in [-0.15, -0.1) is 21.5 Å². The molecule has 3 rings (SSSR count). The quantitative estimate of drug-likeness (QED) is 0.557. The van der Waals surface area contributed by atoms with Crippen molar-refractivity contribution < 1.29 is 9.53 Å². The van der Waals surface area contributed by atoms with E-state index in [1.54, 1.807) is 36.6 Å². The summed E-state index contributed by atoms with van der Waals surface area (Å²) in [4.78, 5) is 13.6. The van der Waals surface area contributed by atoms with Gasteiger partial charge in [0.05, 0.1) is 18.6 Å². The average molecular weight is 423 g/mol. The lowest BCUT2D eigenvalue weighted by atomic mass is 10.3. The number of benzene rings is 1. The summed E-state index contributed by atoms with van der Waals surface area (Å²) in [5, 5.41) is 14.7. The lowest BCUT2D eigenvalue weighted by Gasteiger charge is -2.10. The van der Waals surface area contributed by atoms with Crippen molar-refractivity contribution in [2.75, 3.05) is 18.2 Å². The minimum atomic E-state index is -0.167. The highest BCUT2D eigenvalue weighted by molar-refractivity contribution is 7.99. The first-order valence-corrected chi connectivity index (χ1v) is 10.5. The minimum Gasteiger partial charge on any atom is -0.495 e. The summed E-state index contributed by atoms with van der Waals surface area (Å²) in [6, 6.07) is 7.18. The van der Waals surface area contributed by atoms with E-state index in [0.717, 1.165) is 17.9 Å². The van der Waals surface area contributed by atoms with Crippen molar-refractivity contribution in [1.29, 1.82) is 0 Å². The van der Waals surface area contributed by atoms with Crippen LogP contribution in [0.25, 0.3) is 11.4 Å². The fraction of sp³-hybridized carbons (Fsp3) is 0.278. The van der Waals surface area contributed by atoms with Crippen LogP contribution in [0, 0.1) is 6.92 Å². The smallest absolute Gasteiger partial charge is 0.234 e. The zero-order valence-electron chi connectivity index (χ0n) is 15.2. The number of aromatic nitrogens is 3. The monoisotopic (exact) mass is 422 g/mol. The summed E-state index contributed by atoms with van der Waals surface area (Å²) in [7, 11) is 1.55. The van der Waals surface area contributed by atoms with E-state index in [2.05, 4.69) is 33.9 Å². The number of anilines is 1. The topological polar surface area (TPSA) is 69.0 Å². The molecular weight excluding hydrogens is 404 g/mol. The second-order valence-corrected chi connectivity index (χ2v) is 8.17. The zero-order valence-corrected chi connectivity index (χ0v) is 17.5. The van der Waals surface area contributed by atoms with Crippen LogP contribution in [0.3, 0.4) is 0 Å². The molecule has 0 aliphatic carbocycles. The van der Waals surface area contributed by atoms with E-state index in [9.17, 15) is 4.79 Å². The predicted molar refractivity (Wildman–Crippen MR) is 111 cm³/mol. The molecule has 0 aliphatic rings. The SMILES string of the molecule is CCn1c(SCC(=O)Nc2cc(Cl)ccc2OC)nnc1-c1csc(C)c1. The molecular formula is C18H19ClN4O2S2. The highest BCUT2D eigenvalue weighted by atomic mass is 35.5. The number of rotatable bonds is 7. The van der Waals surface area contributed by atoms with Crippen molar-refractivity contribution in [3.8, 4) is 17.1 Å². The number of thioether (sulfide) groups is 1. The molecule has 9 heteroatoms. The van der Waals surface area contributed by atoms with Crippen LogP contribution in [0.15, 0.2) is 34.8 Å². The summed E-state index contributed by atoms with van der Waals surface area (Å²) >= 11 is 9.02. The van der Waals surface area contributed by atoms with Crippen molar-refractivity contribution in [2.24, 2.45) is 0 Å². The molecule has 0 spiro atoms. The van der Waals surface area contributed by atoms with Crippen LogP contribution in [0.1, 0.15) is 11.8 Å². The number of methoxy groups -OCH3 is 1. The van der Waals surface area contributed by atoms with Gasteiger partial charge in [0, 0.05) is 27.4 Å². The molecule has 0 bridgehead atoms. The van der Waals surface area contributed by atoms with Gasteiger partial charge in [0.1, 0.15) is 5.75 Å². The summed E-state index contributed by atoms with van der Waals surface area (Å²) in [5.41, 5.74) is 1.59. The molecule has 6 nitrogen and oxygen atoms in total. The summed E-state index contributed by atoms with van der Waals surface area (Å²) < 4.78 is 7.26. The Morgan fingerprint density at radius 3 is 2.85 bits per heavy atom.